The third-order valence-corrected chi connectivity index (χ3v) is 4.05. The molecule has 1 amide bonds. The summed E-state index contributed by atoms with van der Waals surface area (Å²) in [6.07, 6.45) is 10.2. The molecular formula is C21H26FN3O2S. The maximum absolute atomic E-state index is 15.3. The molecular weight excluding hydrogens is 377 g/mol. The summed E-state index contributed by atoms with van der Waals surface area (Å²) in [5.41, 5.74) is 1.11. The fourth-order valence-corrected chi connectivity index (χ4v) is 2.69. The molecule has 5 nitrogen and oxygen atoms in total. The minimum absolute atomic E-state index is 0.00522. The van der Waals surface area contributed by atoms with Crippen molar-refractivity contribution >= 4 is 22.4 Å². The number of nitrogens with zero attached hydrogens (tertiary/aromatic N) is 2. The molecule has 1 heterocycles. The molecule has 0 atom stereocenters. The number of hydrogen-bond donors (Lipinski definition) is 1. The number of amides is 1. The van der Waals surface area contributed by atoms with Crippen LogP contribution >= 0.6 is 11.3 Å². The van der Waals surface area contributed by atoms with Crippen molar-refractivity contribution < 1.29 is 13.9 Å². The van der Waals surface area contributed by atoms with Gasteiger partial charge in [-0.1, -0.05) is 60.8 Å². The lowest BCUT2D eigenvalue weighted by Crippen LogP contribution is -2.15. The van der Waals surface area contributed by atoms with E-state index < -0.39 is 11.7 Å². The Morgan fingerprint density at radius 2 is 2.00 bits per heavy atom. The molecule has 0 aliphatic carbocycles. The summed E-state index contributed by atoms with van der Waals surface area (Å²) in [7, 11) is 1.37. The number of halogens is 1. The summed E-state index contributed by atoms with van der Waals surface area (Å²) in [5, 5.41) is 11.5. The number of nitrogens with one attached hydrogen (secondary N) is 1. The molecule has 28 heavy (non-hydrogen) atoms. The average Bonchev–Trinajstić information content (AvgIpc) is 3.05. The quantitative estimate of drug-likeness (QED) is 0.332. The third-order valence-electron chi connectivity index (χ3n) is 3.29. The first-order valence-electron chi connectivity index (χ1n) is 8.74. The highest BCUT2D eigenvalue weighted by Crippen LogP contribution is 2.26. The Morgan fingerprint density at radius 1 is 1.29 bits per heavy atom. The van der Waals surface area contributed by atoms with Crippen molar-refractivity contribution in [2.75, 3.05) is 12.4 Å². The van der Waals surface area contributed by atoms with Crippen molar-refractivity contribution in [2.45, 2.75) is 34.1 Å². The second-order valence-electron chi connectivity index (χ2n) is 5.92. The van der Waals surface area contributed by atoms with E-state index in [4.69, 9.17) is 4.74 Å². The highest BCUT2D eigenvalue weighted by atomic mass is 32.1. The van der Waals surface area contributed by atoms with E-state index in [-0.39, 0.29) is 16.9 Å². The molecule has 0 aromatic carbocycles. The summed E-state index contributed by atoms with van der Waals surface area (Å²) in [6.45, 7) is 10.9. The van der Waals surface area contributed by atoms with Crippen LogP contribution in [0.4, 0.5) is 9.52 Å². The Kier molecular flexibility index (Phi) is 9.81. The van der Waals surface area contributed by atoms with Crippen LogP contribution < -0.4 is 5.32 Å². The number of allylic oxidation sites excluding steroid dienone is 8. The average molecular weight is 404 g/mol. The molecule has 1 rings (SSSR count). The van der Waals surface area contributed by atoms with E-state index in [9.17, 15) is 4.79 Å². The maximum atomic E-state index is 15.3. The molecule has 0 aliphatic heterocycles. The lowest BCUT2D eigenvalue weighted by atomic mass is 10.0. The van der Waals surface area contributed by atoms with E-state index in [0.717, 1.165) is 10.6 Å². The number of aryl methyl sites for hydroxylation is 1. The lowest BCUT2D eigenvalue weighted by Gasteiger charge is -2.11. The second kappa shape index (κ2) is 11.8. The van der Waals surface area contributed by atoms with Crippen molar-refractivity contribution in [1.29, 1.82) is 0 Å². The molecule has 0 saturated heterocycles. The number of rotatable bonds is 9. The van der Waals surface area contributed by atoms with Gasteiger partial charge in [0.05, 0.1) is 7.11 Å². The van der Waals surface area contributed by atoms with E-state index in [0.29, 0.717) is 11.6 Å². The molecule has 0 spiro atoms. The normalized spacial score (nSPS) is 13.2. The van der Waals surface area contributed by atoms with Crippen LogP contribution in [-0.4, -0.2) is 23.2 Å². The van der Waals surface area contributed by atoms with Crippen molar-refractivity contribution in [2.24, 2.45) is 0 Å². The zero-order valence-electron chi connectivity index (χ0n) is 16.9. The molecule has 1 aromatic heterocycles. The molecule has 1 N–H and O–H groups in total. The number of aromatic nitrogens is 2. The summed E-state index contributed by atoms with van der Waals surface area (Å²) < 4.78 is 20.5. The van der Waals surface area contributed by atoms with Crippen LogP contribution in [0.15, 0.2) is 71.3 Å². The Balaban J connectivity index is 3.62. The smallest absolute Gasteiger partial charge is 0.258 e. The number of hydrogen-bond acceptors (Lipinski definition) is 5. The van der Waals surface area contributed by atoms with Gasteiger partial charge in [0.15, 0.2) is 11.6 Å². The summed E-state index contributed by atoms with van der Waals surface area (Å²) in [5.74, 6) is -1.14. The van der Waals surface area contributed by atoms with Gasteiger partial charge >= 0.3 is 0 Å². The minimum Gasteiger partial charge on any atom is -0.494 e. The highest BCUT2D eigenvalue weighted by Gasteiger charge is 2.19. The van der Waals surface area contributed by atoms with Gasteiger partial charge in [0.25, 0.3) is 5.91 Å². The minimum atomic E-state index is -0.652. The van der Waals surface area contributed by atoms with Crippen molar-refractivity contribution in [1.82, 2.24) is 10.2 Å². The number of methoxy groups -OCH3 is 1. The largest absolute Gasteiger partial charge is 0.494 e. The van der Waals surface area contributed by atoms with Crippen molar-refractivity contribution in [3.8, 4) is 0 Å². The predicted octanol–water partition coefficient (Wildman–Crippen LogP) is 5.58. The van der Waals surface area contributed by atoms with Gasteiger partial charge in [0, 0.05) is 11.1 Å². The van der Waals surface area contributed by atoms with E-state index in [2.05, 4.69) is 22.1 Å². The summed E-state index contributed by atoms with van der Waals surface area (Å²) in [6, 6.07) is 0. The Hall–Kier alpha value is -2.80. The first-order valence-corrected chi connectivity index (χ1v) is 9.56. The van der Waals surface area contributed by atoms with E-state index >= 15 is 4.39 Å². The van der Waals surface area contributed by atoms with Gasteiger partial charge in [0.2, 0.25) is 5.13 Å². The van der Waals surface area contributed by atoms with Gasteiger partial charge in [0.1, 0.15) is 5.01 Å². The van der Waals surface area contributed by atoms with Gasteiger partial charge in [-0.25, -0.2) is 4.39 Å². The number of carbonyl (C=O) groups excluding carboxylic acids is 1. The topological polar surface area (TPSA) is 64.1 Å². The first-order chi connectivity index (χ1) is 13.3. The Morgan fingerprint density at radius 3 is 2.50 bits per heavy atom. The zero-order valence-corrected chi connectivity index (χ0v) is 17.7. The van der Waals surface area contributed by atoms with E-state index in [1.807, 2.05) is 20.8 Å². The molecule has 0 bridgehead atoms. The third kappa shape index (κ3) is 7.08. The fraction of sp³-hybridized carbons (Fsp3) is 0.286. The van der Waals surface area contributed by atoms with Crippen molar-refractivity contribution in [3.63, 3.8) is 0 Å². The zero-order chi connectivity index (χ0) is 21.1. The number of ether oxygens (including phenoxy) is 1. The monoisotopic (exact) mass is 403 g/mol. The summed E-state index contributed by atoms with van der Waals surface area (Å²) >= 11 is 1.24. The standard InChI is InChI=1S/C21H26FN3O2S/c1-7-9-11-16(20(26)23-21-25-24-15(5)28-21)17(13-14(3)4)19(22)18(27-6)12-10-8-2/h8-13H,2,7H2,1,3-6H3,(H,23,25,26)/b11-9+,12-10-,17-16-,19-18+. The van der Waals surface area contributed by atoms with Crippen LogP contribution in [0.25, 0.3) is 0 Å². The van der Waals surface area contributed by atoms with Crippen LogP contribution in [0, 0.1) is 6.92 Å². The van der Waals surface area contributed by atoms with Gasteiger partial charge in [-0.05, 0) is 33.3 Å². The van der Waals surface area contributed by atoms with Crippen LogP contribution in [0.5, 0.6) is 0 Å². The van der Waals surface area contributed by atoms with Crippen LogP contribution in [-0.2, 0) is 9.53 Å². The number of anilines is 1. The molecule has 0 unspecified atom stereocenters. The lowest BCUT2D eigenvalue weighted by molar-refractivity contribution is -0.112. The SMILES string of the molecule is C=C\C=C/C(OC)=C(F)/C(C=C(C)C)=C(/C=C/CC)C(=O)Nc1nnc(C)s1. The van der Waals surface area contributed by atoms with Crippen LogP contribution in [0.1, 0.15) is 32.2 Å². The Labute approximate surface area is 169 Å². The van der Waals surface area contributed by atoms with Crippen LogP contribution in [0.2, 0.25) is 0 Å². The molecule has 0 saturated carbocycles. The first kappa shape index (κ1) is 23.2. The van der Waals surface area contributed by atoms with Gasteiger partial charge in [-0.3, -0.25) is 10.1 Å². The molecule has 150 valence electrons. The Bertz CT molecular complexity index is 857. The molecule has 1 aromatic rings. The van der Waals surface area contributed by atoms with Gasteiger partial charge < -0.3 is 4.74 Å². The van der Waals surface area contributed by atoms with E-state index in [1.165, 1.54) is 30.6 Å². The summed E-state index contributed by atoms with van der Waals surface area (Å²) in [4.78, 5) is 12.9. The van der Waals surface area contributed by atoms with Crippen LogP contribution in [0.3, 0.4) is 0 Å². The fourth-order valence-electron chi connectivity index (χ4n) is 2.10. The van der Waals surface area contributed by atoms with Gasteiger partial charge in [-0.15, -0.1) is 10.2 Å². The predicted molar refractivity (Wildman–Crippen MR) is 114 cm³/mol. The van der Waals surface area contributed by atoms with E-state index in [1.54, 1.807) is 31.2 Å². The molecule has 7 heteroatoms. The molecule has 0 radical (unpaired) electrons. The highest BCUT2D eigenvalue weighted by molar-refractivity contribution is 7.15. The molecule has 0 aliphatic rings. The second-order valence-corrected chi connectivity index (χ2v) is 7.10. The maximum Gasteiger partial charge on any atom is 0.258 e. The van der Waals surface area contributed by atoms with Crippen molar-refractivity contribution in [3.05, 3.63) is 76.3 Å². The number of carbonyl (C=O) groups is 1. The van der Waals surface area contributed by atoms with Gasteiger partial charge in [-0.2, -0.15) is 0 Å². The molecule has 0 fully saturated rings.